The van der Waals surface area contributed by atoms with E-state index in [1.54, 1.807) is 14.2 Å². The van der Waals surface area contributed by atoms with Gasteiger partial charge in [0.1, 0.15) is 0 Å². The third kappa shape index (κ3) is 8.60. The van der Waals surface area contributed by atoms with Crippen LogP contribution in [0.4, 0.5) is 11.4 Å². The van der Waals surface area contributed by atoms with E-state index in [4.69, 9.17) is 9.47 Å². The van der Waals surface area contributed by atoms with Crippen molar-refractivity contribution in [1.29, 1.82) is 0 Å². The molecule has 1 N–H and O–H groups in total. The van der Waals surface area contributed by atoms with Crippen LogP contribution >= 0.6 is 83.7 Å². The summed E-state index contributed by atoms with van der Waals surface area (Å²) in [6.07, 6.45) is 1.03. The van der Waals surface area contributed by atoms with Crippen molar-refractivity contribution in [3.05, 3.63) is 47.5 Å². The van der Waals surface area contributed by atoms with Crippen molar-refractivity contribution in [2.24, 2.45) is 0 Å². The number of nitrogens with zero attached hydrogens (tertiary/aromatic N) is 1. The molecule has 2 aromatic carbocycles. The SMILES string of the molecule is COCCN(CCOC)CCc1ccc2c(c1)Sc1cccc(C)c1N2.I.I.I. The molecule has 1 aliphatic heterocycles. The van der Waals surface area contributed by atoms with Crippen molar-refractivity contribution < 1.29 is 9.47 Å². The first-order chi connectivity index (χ1) is 12.7. The summed E-state index contributed by atoms with van der Waals surface area (Å²) in [6, 6.07) is 13.2. The maximum Gasteiger partial charge on any atom is 0.0589 e. The molecule has 0 saturated heterocycles. The van der Waals surface area contributed by atoms with Gasteiger partial charge in [0.05, 0.1) is 24.6 Å². The van der Waals surface area contributed by atoms with Gasteiger partial charge in [-0.05, 0) is 42.7 Å². The van der Waals surface area contributed by atoms with Crippen molar-refractivity contribution in [1.82, 2.24) is 4.90 Å². The first-order valence-corrected chi connectivity index (χ1v) is 9.90. The molecule has 1 heterocycles. The van der Waals surface area contributed by atoms with Gasteiger partial charge in [-0.25, -0.2) is 0 Å². The maximum absolute atomic E-state index is 5.23. The van der Waals surface area contributed by atoms with Crippen LogP contribution < -0.4 is 5.32 Å². The first kappa shape index (κ1) is 29.7. The molecule has 29 heavy (non-hydrogen) atoms. The Hall–Kier alpha value is 0.660. The monoisotopic (exact) mass is 756 g/mol. The van der Waals surface area contributed by atoms with Crippen LogP contribution in [0.3, 0.4) is 0 Å². The highest BCUT2D eigenvalue weighted by molar-refractivity contribution is 14.0. The second-order valence-corrected chi connectivity index (χ2v) is 7.67. The van der Waals surface area contributed by atoms with Gasteiger partial charge >= 0.3 is 0 Å². The molecule has 0 unspecified atom stereocenters. The molecule has 0 fully saturated rings. The van der Waals surface area contributed by atoms with Crippen molar-refractivity contribution in [2.45, 2.75) is 23.1 Å². The Balaban J connectivity index is 0.00000261. The second-order valence-electron chi connectivity index (χ2n) is 6.58. The van der Waals surface area contributed by atoms with Gasteiger partial charge in [-0.3, -0.25) is 4.90 Å². The number of hydrogen-bond acceptors (Lipinski definition) is 5. The molecule has 0 bridgehead atoms. The molecule has 0 radical (unpaired) electrons. The molecular formula is C21H31I3N2O2S. The average molecular weight is 756 g/mol. The van der Waals surface area contributed by atoms with Crippen LogP contribution in [-0.4, -0.2) is 52.0 Å². The summed E-state index contributed by atoms with van der Waals surface area (Å²) < 4.78 is 10.5. The number of nitrogens with one attached hydrogen (secondary N) is 1. The fraction of sp³-hybridized carbons (Fsp3) is 0.429. The molecule has 1 aliphatic rings. The molecule has 3 rings (SSSR count). The van der Waals surface area contributed by atoms with Gasteiger partial charge in [-0.2, -0.15) is 0 Å². The standard InChI is InChI=1S/C21H28N2O2S.3HI/c1-16-5-4-6-19-21(16)22-18-8-7-17(15-20(18)26-19)9-10-23(11-13-24-2)12-14-25-3;;;/h4-8,15,22H,9-14H2,1-3H3;3*1H. The van der Waals surface area contributed by atoms with E-state index < -0.39 is 0 Å². The Morgan fingerprint density at radius 2 is 1.59 bits per heavy atom. The third-order valence-electron chi connectivity index (χ3n) is 4.70. The van der Waals surface area contributed by atoms with Crippen molar-refractivity contribution in [3.63, 3.8) is 0 Å². The van der Waals surface area contributed by atoms with Gasteiger partial charge in [-0.1, -0.05) is 30.0 Å². The molecule has 0 aliphatic carbocycles. The minimum atomic E-state index is 0. The van der Waals surface area contributed by atoms with Crippen LogP contribution in [0.15, 0.2) is 46.2 Å². The highest BCUT2D eigenvalue weighted by atomic mass is 127. The second kappa shape index (κ2) is 15.5. The van der Waals surface area contributed by atoms with Gasteiger partial charge in [0.15, 0.2) is 0 Å². The fourth-order valence-corrected chi connectivity index (χ4v) is 4.25. The zero-order chi connectivity index (χ0) is 18.4. The number of fused-ring (bicyclic) bond motifs is 2. The number of aryl methyl sites for hydroxylation is 1. The molecule has 0 saturated carbocycles. The van der Waals surface area contributed by atoms with Gasteiger partial charge in [0.25, 0.3) is 0 Å². The van der Waals surface area contributed by atoms with Crippen LogP contribution in [0.2, 0.25) is 0 Å². The summed E-state index contributed by atoms with van der Waals surface area (Å²) in [4.78, 5) is 5.01. The van der Waals surface area contributed by atoms with Crippen LogP contribution in [0.25, 0.3) is 0 Å². The van der Waals surface area contributed by atoms with E-state index in [0.29, 0.717) is 0 Å². The summed E-state index contributed by atoms with van der Waals surface area (Å²) in [6.45, 7) is 6.55. The highest BCUT2D eigenvalue weighted by Gasteiger charge is 2.17. The molecule has 2 aromatic rings. The summed E-state index contributed by atoms with van der Waals surface area (Å²) in [5.74, 6) is 0. The van der Waals surface area contributed by atoms with E-state index in [-0.39, 0.29) is 71.9 Å². The van der Waals surface area contributed by atoms with Gasteiger partial charge in [-0.15, -0.1) is 71.9 Å². The lowest BCUT2D eigenvalue weighted by Gasteiger charge is -2.24. The molecule has 164 valence electrons. The lowest BCUT2D eigenvalue weighted by molar-refractivity contribution is 0.115. The van der Waals surface area contributed by atoms with Gasteiger partial charge in [0, 0.05) is 43.6 Å². The molecule has 8 heteroatoms. The zero-order valence-electron chi connectivity index (χ0n) is 17.1. The smallest absolute Gasteiger partial charge is 0.0589 e. The van der Waals surface area contributed by atoms with E-state index in [1.807, 2.05) is 11.8 Å². The molecule has 4 nitrogen and oxygen atoms in total. The number of anilines is 2. The summed E-state index contributed by atoms with van der Waals surface area (Å²) in [7, 11) is 3.50. The number of benzene rings is 2. The van der Waals surface area contributed by atoms with E-state index >= 15 is 0 Å². The number of halogens is 3. The Morgan fingerprint density at radius 3 is 2.24 bits per heavy atom. The maximum atomic E-state index is 5.23. The lowest BCUT2D eigenvalue weighted by Crippen LogP contribution is -2.32. The minimum Gasteiger partial charge on any atom is -0.383 e. The van der Waals surface area contributed by atoms with Crippen LogP contribution in [0, 0.1) is 6.92 Å². The number of hydrogen-bond donors (Lipinski definition) is 1. The number of rotatable bonds is 9. The largest absolute Gasteiger partial charge is 0.383 e. The summed E-state index contributed by atoms with van der Waals surface area (Å²) in [5.41, 5.74) is 5.10. The van der Waals surface area contributed by atoms with E-state index in [1.165, 1.54) is 32.3 Å². The molecular weight excluding hydrogens is 725 g/mol. The van der Waals surface area contributed by atoms with Crippen molar-refractivity contribution in [3.8, 4) is 0 Å². The molecule has 0 spiro atoms. The first-order valence-electron chi connectivity index (χ1n) is 9.09. The summed E-state index contributed by atoms with van der Waals surface area (Å²) >= 11 is 1.86. The van der Waals surface area contributed by atoms with Crippen LogP contribution in [0.5, 0.6) is 0 Å². The normalized spacial score (nSPS) is 11.3. The molecule has 0 atom stereocenters. The topological polar surface area (TPSA) is 33.7 Å². The van der Waals surface area contributed by atoms with E-state index in [0.717, 1.165) is 39.3 Å². The van der Waals surface area contributed by atoms with Gasteiger partial charge in [0.2, 0.25) is 0 Å². The van der Waals surface area contributed by atoms with Crippen LogP contribution in [0.1, 0.15) is 11.1 Å². The summed E-state index contributed by atoms with van der Waals surface area (Å²) in [5, 5.41) is 3.59. The highest BCUT2D eigenvalue weighted by Crippen LogP contribution is 2.45. The van der Waals surface area contributed by atoms with E-state index in [2.05, 4.69) is 53.5 Å². The number of para-hydroxylation sites is 1. The van der Waals surface area contributed by atoms with Crippen molar-refractivity contribution in [2.75, 3.05) is 52.4 Å². The zero-order valence-corrected chi connectivity index (χ0v) is 24.9. The number of ether oxygens (including phenoxy) is 2. The molecule has 0 amide bonds. The van der Waals surface area contributed by atoms with E-state index in [9.17, 15) is 0 Å². The lowest BCUT2D eigenvalue weighted by atomic mass is 10.1. The van der Waals surface area contributed by atoms with Crippen molar-refractivity contribution >= 4 is 95.1 Å². The average Bonchev–Trinajstić information content (AvgIpc) is 2.66. The Morgan fingerprint density at radius 1 is 0.897 bits per heavy atom. The Kier molecular flexibility index (Phi) is 15.8. The Labute approximate surface area is 230 Å². The van der Waals surface area contributed by atoms with Gasteiger partial charge < -0.3 is 14.8 Å². The Bertz CT molecular complexity index is 742. The predicted octanol–water partition coefficient (Wildman–Crippen LogP) is 6.19. The predicted molar refractivity (Wildman–Crippen MR) is 155 cm³/mol. The number of methoxy groups -OCH3 is 2. The fourth-order valence-electron chi connectivity index (χ4n) is 3.11. The molecule has 0 aromatic heterocycles. The van der Waals surface area contributed by atoms with Crippen LogP contribution in [-0.2, 0) is 15.9 Å². The third-order valence-corrected chi connectivity index (χ3v) is 5.82. The quantitative estimate of drug-likeness (QED) is 0.264. The minimum absolute atomic E-state index is 0.